The van der Waals surface area contributed by atoms with Crippen molar-refractivity contribution < 1.29 is 14.7 Å². The minimum Gasteiger partial charge on any atom is -0.478 e. The molecule has 21 heavy (non-hydrogen) atoms. The molecule has 0 radical (unpaired) electrons. The summed E-state index contributed by atoms with van der Waals surface area (Å²) in [5.41, 5.74) is 0.442. The van der Waals surface area contributed by atoms with Crippen molar-refractivity contribution in [2.24, 2.45) is 0 Å². The van der Waals surface area contributed by atoms with Gasteiger partial charge in [0, 0.05) is 11.6 Å². The fourth-order valence-electron chi connectivity index (χ4n) is 2.30. The number of benzene rings is 2. The van der Waals surface area contributed by atoms with Crippen LogP contribution in [-0.2, 0) is 4.79 Å². The molecule has 3 rings (SSSR count). The van der Waals surface area contributed by atoms with Gasteiger partial charge < -0.3 is 10.4 Å². The Morgan fingerprint density at radius 3 is 2.57 bits per heavy atom. The molecule has 108 valence electrons. The maximum atomic E-state index is 12.1. The second-order valence-electron chi connectivity index (χ2n) is 4.81. The molecule has 1 aliphatic rings. The van der Waals surface area contributed by atoms with Crippen molar-refractivity contribution in [1.29, 1.82) is 0 Å². The van der Waals surface area contributed by atoms with Crippen LogP contribution < -0.4 is 10.6 Å². The van der Waals surface area contributed by atoms with Gasteiger partial charge in [0.1, 0.15) is 0 Å². The van der Waals surface area contributed by atoms with Crippen molar-refractivity contribution in [3.63, 3.8) is 0 Å². The average Bonchev–Trinajstić information content (AvgIpc) is 3.00. The Balaban J connectivity index is 1.97. The molecule has 0 aliphatic carbocycles. The van der Waals surface area contributed by atoms with Gasteiger partial charge in [0.15, 0.2) is 0 Å². The third-order valence-electron chi connectivity index (χ3n) is 3.41. The molecule has 1 fully saturated rings. The molecular formula is C15H14N2O3S. The predicted molar refractivity (Wildman–Crippen MR) is 83.8 cm³/mol. The lowest BCUT2D eigenvalue weighted by Gasteiger charge is -2.13. The molecule has 1 unspecified atom stereocenters. The van der Waals surface area contributed by atoms with Crippen molar-refractivity contribution in [3.05, 3.63) is 42.0 Å². The van der Waals surface area contributed by atoms with Crippen molar-refractivity contribution >= 4 is 40.1 Å². The zero-order valence-electron chi connectivity index (χ0n) is 11.1. The zero-order chi connectivity index (χ0) is 14.8. The van der Waals surface area contributed by atoms with Gasteiger partial charge in [0.25, 0.3) is 0 Å². The highest BCUT2D eigenvalue weighted by molar-refractivity contribution is 7.99. The number of nitrogens with one attached hydrogen (secondary N) is 2. The standard InChI is InChI=1S/C15H14N2O3S/c18-14(13-7-21-8-16-13)17-12-6-10-4-2-1-3-9(10)5-11(12)15(19)20/h1-6,13,16H,7-8H2,(H,17,18)(H,19,20). The maximum Gasteiger partial charge on any atom is 0.337 e. The summed E-state index contributed by atoms with van der Waals surface area (Å²) in [4.78, 5) is 23.5. The Bertz CT molecular complexity index is 711. The van der Waals surface area contributed by atoms with Crippen molar-refractivity contribution in [2.45, 2.75) is 6.04 Å². The summed E-state index contributed by atoms with van der Waals surface area (Å²) in [6.07, 6.45) is 0. The van der Waals surface area contributed by atoms with Gasteiger partial charge in [-0.15, -0.1) is 11.8 Å². The second-order valence-corrected chi connectivity index (χ2v) is 5.84. The summed E-state index contributed by atoms with van der Waals surface area (Å²) in [5, 5.41) is 16.9. The molecule has 3 N–H and O–H groups in total. The number of anilines is 1. The largest absolute Gasteiger partial charge is 0.478 e. The first-order chi connectivity index (χ1) is 10.1. The molecule has 2 aromatic carbocycles. The number of carboxylic acids is 1. The summed E-state index contributed by atoms with van der Waals surface area (Å²) in [7, 11) is 0. The van der Waals surface area contributed by atoms with Crippen LogP contribution in [-0.4, -0.2) is 34.7 Å². The van der Waals surface area contributed by atoms with Crippen LogP contribution in [0.1, 0.15) is 10.4 Å². The number of amides is 1. The number of carboxylic acid groups (broad SMARTS) is 1. The summed E-state index contributed by atoms with van der Waals surface area (Å²) < 4.78 is 0. The smallest absolute Gasteiger partial charge is 0.337 e. The number of hydrogen-bond acceptors (Lipinski definition) is 4. The van der Waals surface area contributed by atoms with Gasteiger partial charge in [-0.2, -0.15) is 0 Å². The Kier molecular flexibility index (Phi) is 3.81. The molecule has 1 aliphatic heterocycles. The molecule has 1 heterocycles. The fraction of sp³-hybridized carbons (Fsp3) is 0.200. The fourth-order valence-corrected chi connectivity index (χ4v) is 3.25. The van der Waals surface area contributed by atoms with Crippen LogP contribution >= 0.6 is 11.8 Å². The lowest BCUT2D eigenvalue weighted by molar-refractivity contribution is -0.117. The third kappa shape index (κ3) is 2.86. The van der Waals surface area contributed by atoms with E-state index in [9.17, 15) is 14.7 Å². The highest BCUT2D eigenvalue weighted by Gasteiger charge is 2.24. The Hall–Kier alpha value is -2.05. The van der Waals surface area contributed by atoms with Crippen LogP contribution in [0.4, 0.5) is 5.69 Å². The van der Waals surface area contributed by atoms with Crippen LogP contribution in [0.2, 0.25) is 0 Å². The minimum absolute atomic E-state index is 0.104. The summed E-state index contributed by atoms with van der Waals surface area (Å²) >= 11 is 1.65. The van der Waals surface area contributed by atoms with E-state index in [1.807, 2.05) is 24.3 Å². The Labute approximate surface area is 125 Å². The summed E-state index contributed by atoms with van der Waals surface area (Å²) in [6.45, 7) is 0. The molecular weight excluding hydrogens is 288 g/mol. The zero-order valence-corrected chi connectivity index (χ0v) is 11.9. The van der Waals surface area contributed by atoms with Gasteiger partial charge in [-0.25, -0.2) is 4.79 Å². The van der Waals surface area contributed by atoms with Crippen molar-refractivity contribution in [1.82, 2.24) is 5.32 Å². The van der Waals surface area contributed by atoms with Gasteiger partial charge in [0.05, 0.1) is 17.3 Å². The lowest BCUT2D eigenvalue weighted by Crippen LogP contribution is -2.37. The summed E-state index contributed by atoms with van der Waals surface area (Å²) in [6, 6.07) is 10.5. The maximum absolute atomic E-state index is 12.1. The van der Waals surface area contributed by atoms with E-state index in [1.165, 1.54) is 0 Å². The van der Waals surface area contributed by atoms with Crippen molar-refractivity contribution in [2.75, 3.05) is 16.9 Å². The number of fused-ring (bicyclic) bond motifs is 1. The van der Waals surface area contributed by atoms with Crippen molar-refractivity contribution in [3.8, 4) is 0 Å². The number of aromatic carboxylic acids is 1. The average molecular weight is 302 g/mol. The number of carbonyl (C=O) groups is 2. The molecule has 1 saturated heterocycles. The number of carbonyl (C=O) groups excluding carboxylic acids is 1. The number of hydrogen-bond donors (Lipinski definition) is 3. The molecule has 2 aromatic rings. The quantitative estimate of drug-likeness (QED) is 0.809. The monoisotopic (exact) mass is 302 g/mol. The normalized spacial score (nSPS) is 17.8. The van der Waals surface area contributed by atoms with Crippen LogP contribution in [0, 0.1) is 0 Å². The van der Waals surface area contributed by atoms with E-state index in [1.54, 1.807) is 23.9 Å². The second kappa shape index (κ2) is 5.75. The van der Waals surface area contributed by atoms with Gasteiger partial charge in [0.2, 0.25) is 5.91 Å². The van der Waals surface area contributed by atoms with Gasteiger partial charge >= 0.3 is 5.97 Å². The van der Waals surface area contributed by atoms with E-state index >= 15 is 0 Å². The highest BCUT2D eigenvalue weighted by atomic mass is 32.2. The third-order valence-corrected chi connectivity index (χ3v) is 4.35. The Morgan fingerprint density at radius 1 is 1.24 bits per heavy atom. The molecule has 0 saturated carbocycles. The molecule has 5 nitrogen and oxygen atoms in total. The van der Waals surface area contributed by atoms with Crippen LogP contribution in [0.15, 0.2) is 36.4 Å². The first kappa shape index (κ1) is 13.9. The molecule has 0 spiro atoms. The molecule has 1 atom stereocenters. The molecule has 1 amide bonds. The van der Waals surface area contributed by atoms with Crippen LogP contribution in [0.5, 0.6) is 0 Å². The van der Waals surface area contributed by atoms with Crippen LogP contribution in [0.3, 0.4) is 0 Å². The lowest BCUT2D eigenvalue weighted by atomic mass is 10.0. The van der Waals surface area contributed by atoms with Gasteiger partial charge in [-0.1, -0.05) is 24.3 Å². The molecule has 0 aromatic heterocycles. The van der Waals surface area contributed by atoms with E-state index in [0.29, 0.717) is 11.4 Å². The Morgan fingerprint density at radius 2 is 1.95 bits per heavy atom. The van der Waals surface area contributed by atoms with E-state index in [4.69, 9.17) is 0 Å². The summed E-state index contributed by atoms with van der Waals surface area (Å²) in [5.74, 6) is 0.186. The predicted octanol–water partition coefficient (Wildman–Crippen LogP) is 2.14. The van der Waals surface area contributed by atoms with E-state index < -0.39 is 5.97 Å². The number of rotatable bonds is 3. The van der Waals surface area contributed by atoms with E-state index in [2.05, 4.69) is 10.6 Å². The van der Waals surface area contributed by atoms with E-state index in [-0.39, 0.29) is 17.5 Å². The SMILES string of the molecule is O=C(O)c1cc2ccccc2cc1NC(=O)C1CSCN1. The highest BCUT2D eigenvalue weighted by Crippen LogP contribution is 2.25. The van der Waals surface area contributed by atoms with Gasteiger partial charge in [-0.3, -0.25) is 10.1 Å². The minimum atomic E-state index is -1.05. The first-order valence-electron chi connectivity index (χ1n) is 6.53. The topological polar surface area (TPSA) is 78.4 Å². The van der Waals surface area contributed by atoms with Gasteiger partial charge in [-0.05, 0) is 22.9 Å². The van der Waals surface area contributed by atoms with E-state index in [0.717, 1.165) is 16.6 Å². The first-order valence-corrected chi connectivity index (χ1v) is 7.69. The molecule has 0 bridgehead atoms. The molecule has 6 heteroatoms. The van der Waals surface area contributed by atoms with Crippen LogP contribution in [0.25, 0.3) is 10.8 Å². The number of thioether (sulfide) groups is 1.